The molecule has 0 saturated heterocycles. The number of carbonyl (C=O) groups excluding carboxylic acids is 1. The Labute approximate surface area is 145 Å². The molecule has 0 aromatic carbocycles. The maximum absolute atomic E-state index is 13.2. The predicted molar refractivity (Wildman–Crippen MR) is 95.9 cm³/mol. The molecular formula is C17H32NO5P. The molecule has 1 aliphatic heterocycles. The number of rotatable bonds is 12. The lowest BCUT2D eigenvalue weighted by Crippen LogP contribution is -2.24. The van der Waals surface area contributed by atoms with Crippen molar-refractivity contribution < 1.29 is 23.1 Å². The Morgan fingerprint density at radius 3 is 2.33 bits per heavy atom. The van der Waals surface area contributed by atoms with E-state index in [0.29, 0.717) is 38.6 Å². The van der Waals surface area contributed by atoms with Gasteiger partial charge in [-0.25, -0.2) is 4.99 Å². The van der Waals surface area contributed by atoms with Crippen LogP contribution in [-0.2, 0) is 23.1 Å². The number of Topliss-reactive ketones (excluding diaryl/α,β-unsaturated/α-hetero) is 1. The molecule has 1 heterocycles. The Balaban J connectivity index is 2.83. The van der Waals surface area contributed by atoms with Crippen LogP contribution in [0.3, 0.4) is 0 Å². The highest BCUT2D eigenvalue weighted by Crippen LogP contribution is 2.56. The fraction of sp³-hybridized carbons (Fsp3) is 0.882. The van der Waals surface area contributed by atoms with E-state index in [1.54, 1.807) is 20.8 Å². The van der Waals surface area contributed by atoms with Gasteiger partial charge in [0.25, 0.3) is 0 Å². The fourth-order valence-electron chi connectivity index (χ4n) is 2.67. The van der Waals surface area contributed by atoms with Crippen molar-refractivity contribution >= 4 is 19.3 Å². The minimum absolute atomic E-state index is 0.200. The summed E-state index contributed by atoms with van der Waals surface area (Å²) in [6.07, 6.45) is 3.76. The number of carbonyl (C=O) groups is 1. The molecule has 6 nitrogen and oxygen atoms in total. The molecule has 140 valence electrons. The van der Waals surface area contributed by atoms with Crippen LogP contribution in [0.2, 0.25) is 0 Å². The largest absolute Gasteiger partial charge is 0.478 e. The quantitative estimate of drug-likeness (QED) is 0.381. The van der Waals surface area contributed by atoms with Gasteiger partial charge in [-0.05, 0) is 47.5 Å². The lowest BCUT2D eigenvalue weighted by Gasteiger charge is -2.25. The van der Waals surface area contributed by atoms with Gasteiger partial charge in [-0.3, -0.25) is 4.57 Å². The van der Waals surface area contributed by atoms with Gasteiger partial charge in [0.2, 0.25) is 0 Å². The number of hydrogen-bond acceptors (Lipinski definition) is 6. The molecule has 1 unspecified atom stereocenters. The van der Waals surface area contributed by atoms with Gasteiger partial charge >= 0.3 is 7.60 Å². The summed E-state index contributed by atoms with van der Waals surface area (Å²) in [6.45, 7) is 10.3. The van der Waals surface area contributed by atoms with Crippen LogP contribution in [-0.4, -0.2) is 42.7 Å². The lowest BCUT2D eigenvalue weighted by atomic mass is 10.1. The molecule has 0 fully saturated rings. The van der Waals surface area contributed by atoms with Crippen LogP contribution in [0, 0.1) is 0 Å². The first kappa shape index (κ1) is 21.3. The van der Waals surface area contributed by atoms with Crippen molar-refractivity contribution in [2.24, 2.45) is 4.99 Å². The van der Waals surface area contributed by atoms with Gasteiger partial charge in [0.1, 0.15) is 18.0 Å². The molecule has 24 heavy (non-hydrogen) atoms. The Morgan fingerprint density at radius 2 is 1.88 bits per heavy atom. The SMILES string of the molecule is CCOP(=O)(OCC)C(CCCCCC(C)=O)C1=NC(C)(C)CO1. The number of ketones is 1. The van der Waals surface area contributed by atoms with Gasteiger partial charge in [-0.15, -0.1) is 0 Å². The predicted octanol–water partition coefficient (Wildman–Crippen LogP) is 4.37. The molecule has 0 saturated carbocycles. The minimum Gasteiger partial charge on any atom is -0.478 e. The van der Waals surface area contributed by atoms with Crippen molar-refractivity contribution in [3.8, 4) is 0 Å². The zero-order valence-corrected chi connectivity index (χ0v) is 16.6. The summed E-state index contributed by atoms with van der Waals surface area (Å²) in [4.78, 5) is 15.6. The third-order valence-corrected chi connectivity index (χ3v) is 6.26. The van der Waals surface area contributed by atoms with Gasteiger partial charge in [0, 0.05) is 6.42 Å². The van der Waals surface area contributed by atoms with E-state index >= 15 is 0 Å². The van der Waals surface area contributed by atoms with Crippen LogP contribution in [0.25, 0.3) is 0 Å². The second kappa shape index (κ2) is 9.69. The number of ether oxygens (including phenoxy) is 1. The molecule has 0 aromatic heterocycles. The third kappa shape index (κ3) is 6.66. The number of unbranched alkanes of at least 4 members (excludes halogenated alkanes) is 2. The molecule has 7 heteroatoms. The molecule has 0 aromatic rings. The lowest BCUT2D eigenvalue weighted by molar-refractivity contribution is -0.117. The average Bonchev–Trinajstić information content (AvgIpc) is 2.82. The Morgan fingerprint density at radius 1 is 1.25 bits per heavy atom. The zero-order chi connectivity index (χ0) is 18.2. The first-order chi connectivity index (χ1) is 11.2. The van der Waals surface area contributed by atoms with Crippen molar-refractivity contribution in [1.29, 1.82) is 0 Å². The van der Waals surface area contributed by atoms with E-state index in [1.165, 1.54) is 0 Å². The van der Waals surface area contributed by atoms with Crippen molar-refractivity contribution in [3.63, 3.8) is 0 Å². The maximum atomic E-state index is 13.2. The van der Waals surface area contributed by atoms with Crippen LogP contribution in [0.5, 0.6) is 0 Å². The Bertz CT molecular complexity index is 479. The summed E-state index contributed by atoms with van der Waals surface area (Å²) in [5.74, 6) is 0.683. The topological polar surface area (TPSA) is 74.2 Å². The summed E-state index contributed by atoms with van der Waals surface area (Å²) in [5.41, 5.74) is -0.789. The first-order valence-electron chi connectivity index (χ1n) is 8.85. The van der Waals surface area contributed by atoms with E-state index in [-0.39, 0.29) is 11.3 Å². The second-order valence-corrected chi connectivity index (χ2v) is 8.96. The molecule has 0 N–H and O–H groups in total. The smallest absolute Gasteiger partial charge is 0.342 e. The normalized spacial score (nSPS) is 18.1. The van der Waals surface area contributed by atoms with Crippen molar-refractivity contribution in [3.05, 3.63) is 0 Å². The molecule has 0 bridgehead atoms. The molecule has 0 amide bonds. The third-order valence-electron chi connectivity index (χ3n) is 3.78. The van der Waals surface area contributed by atoms with Gasteiger partial charge < -0.3 is 18.6 Å². The van der Waals surface area contributed by atoms with Crippen molar-refractivity contribution in [2.45, 2.75) is 77.9 Å². The fourth-order valence-corrected chi connectivity index (χ4v) is 4.72. The Kier molecular flexibility index (Phi) is 8.61. The van der Waals surface area contributed by atoms with Gasteiger partial charge in [-0.2, -0.15) is 0 Å². The van der Waals surface area contributed by atoms with Gasteiger partial charge in [-0.1, -0.05) is 12.8 Å². The highest BCUT2D eigenvalue weighted by Gasteiger charge is 2.43. The van der Waals surface area contributed by atoms with Crippen LogP contribution in [0.15, 0.2) is 4.99 Å². The monoisotopic (exact) mass is 361 g/mol. The van der Waals surface area contributed by atoms with Crippen molar-refractivity contribution in [2.75, 3.05) is 19.8 Å². The van der Waals surface area contributed by atoms with E-state index < -0.39 is 13.3 Å². The molecule has 0 radical (unpaired) electrons. The highest BCUT2D eigenvalue weighted by molar-refractivity contribution is 7.55. The summed E-state index contributed by atoms with van der Waals surface area (Å²) in [7, 11) is -3.33. The van der Waals surface area contributed by atoms with E-state index in [0.717, 1.165) is 19.3 Å². The van der Waals surface area contributed by atoms with Crippen molar-refractivity contribution in [1.82, 2.24) is 0 Å². The van der Waals surface area contributed by atoms with E-state index in [9.17, 15) is 9.36 Å². The second-order valence-electron chi connectivity index (χ2n) is 6.74. The van der Waals surface area contributed by atoms with Crippen LogP contribution >= 0.6 is 7.60 Å². The molecule has 1 aliphatic rings. The standard InChI is InChI=1S/C17H32NO5P/c1-6-22-24(20,23-7-2)15(12-10-8-9-11-14(3)19)16-18-17(4,5)13-21-16/h15H,6-13H2,1-5H3. The summed E-state index contributed by atoms with van der Waals surface area (Å²) < 4.78 is 30.0. The number of aliphatic imine (C=N–C) groups is 1. The zero-order valence-electron chi connectivity index (χ0n) is 15.7. The maximum Gasteiger partial charge on any atom is 0.342 e. The number of hydrogen-bond donors (Lipinski definition) is 0. The minimum atomic E-state index is -3.33. The first-order valence-corrected chi connectivity index (χ1v) is 10.5. The molecule has 0 aliphatic carbocycles. The van der Waals surface area contributed by atoms with Crippen LogP contribution in [0.1, 0.15) is 66.7 Å². The molecule has 1 atom stereocenters. The van der Waals surface area contributed by atoms with Gasteiger partial charge in [0.05, 0.1) is 18.8 Å². The Hall–Kier alpha value is -0.710. The number of nitrogens with zero attached hydrogens (tertiary/aromatic N) is 1. The summed E-state index contributed by atoms with van der Waals surface area (Å²) in [6, 6.07) is 0. The molecular weight excluding hydrogens is 329 g/mol. The average molecular weight is 361 g/mol. The van der Waals surface area contributed by atoms with Gasteiger partial charge in [0.15, 0.2) is 5.90 Å². The highest BCUT2D eigenvalue weighted by atomic mass is 31.2. The molecule has 1 rings (SSSR count). The summed E-state index contributed by atoms with van der Waals surface area (Å²) in [5, 5.41) is 0. The van der Waals surface area contributed by atoms with E-state index in [4.69, 9.17) is 13.8 Å². The van der Waals surface area contributed by atoms with E-state index in [2.05, 4.69) is 4.99 Å². The molecule has 0 spiro atoms. The van der Waals surface area contributed by atoms with E-state index in [1.807, 2.05) is 13.8 Å². The van der Waals surface area contributed by atoms with Crippen LogP contribution < -0.4 is 0 Å². The van der Waals surface area contributed by atoms with Crippen LogP contribution in [0.4, 0.5) is 0 Å². The summed E-state index contributed by atoms with van der Waals surface area (Å²) >= 11 is 0.